The minimum atomic E-state index is -0.690. The van der Waals surface area contributed by atoms with Crippen LogP contribution in [0.2, 0.25) is 5.02 Å². The monoisotopic (exact) mass is 529 g/mol. The molecule has 0 spiro atoms. The van der Waals surface area contributed by atoms with Crippen molar-refractivity contribution < 1.29 is 18.9 Å². The van der Waals surface area contributed by atoms with Crippen molar-refractivity contribution in [2.24, 2.45) is 0 Å². The molecule has 1 saturated carbocycles. The maximum absolute atomic E-state index is 13.6. The third-order valence-corrected chi connectivity index (χ3v) is 7.44. The van der Waals surface area contributed by atoms with Crippen molar-refractivity contribution in [1.29, 1.82) is 0 Å². The molecule has 1 atom stereocenters. The Morgan fingerprint density at radius 3 is 2.41 bits per heavy atom. The van der Waals surface area contributed by atoms with Crippen molar-refractivity contribution in [1.82, 2.24) is 25.2 Å². The number of amides is 3. The van der Waals surface area contributed by atoms with E-state index in [-0.39, 0.29) is 35.6 Å². The van der Waals surface area contributed by atoms with Gasteiger partial charge in [0, 0.05) is 49.6 Å². The van der Waals surface area contributed by atoms with E-state index in [0.717, 1.165) is 31.2 Å². The van der Waals surface area contributed by atoms with E-state index in [1.54, 1.807) is 23.1 Å². The van der Waals surface area contributed by atoms with E-state index >= 15 is 0 Å². The molecule has 0 radical (unpaired) electrons. The minimum Gasteiger partial charge on any atom is -0.351 e. The fraction of sp³-hybridized carbons (Fsp3) is 0.556. The lowest BCUT2D eigenvalue weighted by molar-refractivity contribution is -0.143. The average Bonchev–Trinajstić information content (AvgIpc) is 3.40. The lowest BCUT2D eigenvalue weighted by atomic mass is 9.91. The quantitative estimate of drug-likeness (QED) is 0.508. The number of halogens is 1. The zero-order valence-corrected chi connectivity index (χ0v) is 22.3. The van der Waals surface area contributed by atoms with Crippen LogP contribution in [0.3, 0.4) is 0 Å². The second-order valence-corrected chi connectivity index (χ2v) is 10.7. The van der Waals surface area contributed by atoms with E-state index < -0.39 is 6.04 Å². The van der Waals surface area contributed by atoms with Gasteiger partial charge in [-0.05, 0) is 44.6 Å². The largest absolute Gasteiger partial charge is 0.351 e. The summed E-state index contributed by atoms with van der Waals surface area (Å²) in [5, 5.41) is 7.26. The molecule has 1 aromatic carbocycles. The number of carbonyl (C=O) groups excluding carboxylic acids is 3. The third-order valence-electron chi connectivity index (χ3n) is 7.19. The molecule has 2 aromatic rings. The van der Waals surface area contributed by atoms with Crippen LogP contribution in [-0.4, -0.2) is 89.4 Å². The summed E-state index contributed by atoms with van der Waals surface area (Å²) in [6, 6.07) is 8.24. The third kappa shape index (κ3) is 7.11. The summed E-state index contributed by atoms with van der Waals surface area (Å²) < 4.78 is 5.17. The van der Waals surface area contributed by atoms with Crippen LogP contribution in [0, 0.1) is 0 Å². The molecule has 2 heterocycles. The summed E-state index contributed by atoms with van der Waals surface area (Å²) in [5.74, 6) is -0.247. The summed E-state index contributed by atoms with van der Waals surface area (Å²) in [6.07, 6.45) is 7.40. The van der Waals surface area contributed by atoms with E-state index in [0.29, 0.717) is 37.5 Å². The summed E-state index contributed by atoms with van der Waals surface area (Å²) in [4.78, 5) is 45.1. The normalized spacial score (nSPS) is 17.4. The first-order valence-electron chi connectivity index (χ1n) is 13.0. The number of likely N-dealkylation sites (tertiary alicyclic amines) is 1. The molecule has 1 saturated heterocycles. The lowest BCUT2D eigenvalue weighted by Gasteiger charge is -2.49. The number of hydrogen-bond donors (Lipinski definition) is 1. The van der Waals surface area contributed by atoms with Gasteiger partial charge in [-0.25, -0.2) is 0 Å². The van der Waals surface area contributed by atoms with Crippen molar-refractivity contribution in [2.45, 2.75) is 63.1 Å². The van der Waals surface area contributed by atoms with Crippen LogP contribution in [0.5, 0.6) is 0 Å². The van der Waals surface area contributed by atoms with Gasteiger partial charge >= 0.3 is 0 Å². The first-order valence-corrected chi connectivity index (χ1v) is 13.4. The molecule has 3 amide bonds. The van der Waals surface area contributed by atoms with Gasteiger partial charge in [0.1, 0.15) is 6.04 Å². The highest BCUT2D eigenvalue weighted by Crippen LogP contribution is 2.29. The second-order valence-electron chi connectivity index (χ2n) is 10.3. The molecular formula is C27H36ClN5O4. The molecular weight excluding hydrogens is 494 g/mol. The van der Waals surface area contributed by atoms with Gasteiger partial charge in [0.05, 0.1) is 12.2 Å². The fourth-order valence-corrected chi connectivity index (χ4v) is 5.25. The summed E-state index contributed by atoms with van der Waals surface area (Å²) in [6.45, 7) is 1.46. The Bertz CT molecular complexity index is 1050. The van der Waals surface area contributed by atoms with Gasteiger partial charge in [0.25, 0.3) is 5.91 Å². The van der Waals surface area contributed by atoms with E-state index in [2.05, 4.69) is 10.5 Å². The van der Waals surface area contributed by atoms with Crippen LogP contribution in [-0.2, 0) is 16.0 Å². The van der Waals surface area contributed by atoms with Gasteiger partial charge in [-0.2, -0.15) is 0 Å². The minimum absolute atomic E-state index is 0.0923. The van der Waals surface area contributed by atoms with Gasteiger partial charge in [-0.1, -0.05) is 48.2 Å². The molecule has 37 heavy (non-hydrogen) atoms. The maximum atomic E-state index is 13.6. The number of hydrogen-bond acceptors (Lipinski definition) is 6. The Balaban J connectivity index is 1.44. The Labute approximate surface area is 223 Å². The zero-order chi connectivity index (χ0) is 26.4. The molecule has 1 N–H and O–H groups in total. The molecule has 0 bridgehead atoms. The number of benzene rings is 1. The topological polar surface area (TPSA) is 99.0 Å². The molecule has 1 aliphatic carbocycles. The van der Waals surface area contributed by atoms with E-state index in [1.165, 1.54) is 12.6 Å². The van der Waals surface area contributed by atoms with Crippen LogP contribution >= 0.6 is 11.6 Å². The van der Waals surface area contributed by atoms with Gasteiger partial charge < -0.3 is 24.5 Å². The number of nitrogens with zero attached hydrogens (tertiary/aromatic N) is 4. The molecule has 1 aromatic heterocycles. The van der Waals surface area contributed by atoms with E-state index in [9.17, 15) is 14.4 Å². The predicted molar refractivity (Wildman–Crippen MR) is 140 cm³/mol. The highest BCUT2D eigenvalue weighted by atomic mass is 35.5. The first-order chi connectivity index (χ1) is 17.8. The van der Waals surface area contributed by atoms with Crippen LogP contribution in [0.4, 0.5) is 0 Å². The molecule has 4 rings (SSSR count). The fourth-order valence-electron chi connectivity index (χ4n) is 5.12. The SMILES string of the molecule is CN(C)CCC(=O)N[C@H](Cc1ccc(Cl)cc1)C(=O)N1CC(N(C(=O)c2ccno2)C2CCCCC2)C1. The van der Waals surface area contributed by atoms with Crippen molar-refractivity contribution in [3.8, 4) is 0 Å². The predicted octanol–water partition coefficient (Wildman–Crippen LogP) is 2.99. The Morgan fingerprint density at radius 1 is 1.08 bits per heavy atom. The van der Waals surface area contributed by atoms with E-state index in [1.807, 2.05) is 36.0 Å². The van der Waals surface area contributed by atoms with Crippen LogP contribution < -0.4 is 5.32 Å². The van der Waals surface area contributed by atoms with Crippen LogP contribution in [0.25, 0.3) is 0 Å². The second kappa shape index (κ2) is 12.6. The summed E-state index contributed by atoms with van der Waals surface area (Å²) >= 11 is 6.03. The molecule has 0 unspecified atom stereocenters. The number of rotatable bonds is 10. The molecule has 9 nitrogen and oxygen atoms in total. The van der Waals surface area contributed by atoms with Crippen molar-refractivity contribution >= 4 is 29.3 Å². The van der Waals surface area contributed by atoms with Gasteiger partial charge in [0.2, 0.25) is 17.6 Å². The number of aromatic nitrogens is 1. The summed E-state index contributed by atoms with van der Waals surface area (Å²) in [5.41, 5.74) is 0.914. The van der Waals surface area contributed by atoms with Gasteiger partial charge in [-0.15, -0.1) is 0 Å². The number of nitrogens with one attached hydrogen (secondary N) is 1. The average molecular weight is 530 g/mol. The van der Waals surface area contributed by atoms with Gasteiger partial charge in [-0.3, -0.25) is 14.4 Å². The maximum Gasteiger partial charge on any atom is 0.293 e. The first kappa shape index (κ1) is 27.1. The van der Waals surface area contributed by atoms with E-state index in [4.69, 9.17) is 16.1 Å². The number of carbonyl (C=O) groups is 3. The van der Waals surface area contributed by atoms with Crippen molar-refractivity contribution in [3.63, 3.8) is 0 Å². The smallest absolute Gasteiger partial charge is 0.293 e. The van der Waals surface area contributed by atoms with Crippen molar-refractivity contribution in [3.05, 3.63) is 52.9 Å². The zero-order valence-electron chi connectivity index (χ0n) is 21.6. The lowest BCUT2D eigenvalue weighted by Crippen LogP contribution is -2.67. The Kier molecular flexibility index (Phi) is 9.21. The molecule has 2 fully saturated rings. The Hall–Kier alpha value is -2.91. The van der Waals surface area contributed by atoms with Crippen LogP contribution in [0.1, 0.15) is 54.6 Å². The highest BCUT2D eigenvalue weighted by Gasteiger charge is 2.43. The van der Waals surface area contributed by atoms with Crippen LogP contribution in [0.15, 0.2) is 41.1 Å². The highest BCUT2D eigenvalue weighted by molar-refractivity contribution is 6.30. The molecule has 200 valence electrons. The standard InChI is InChI=1S/C27H36ClN5O4/c1-31(2)15-13-25(34)30-23(16-19-8-10-20(28)11-9-19)26(35)32-17-22(18-32)33(21-6-4-3-5-7-21)27(36)24-12-14-29-37-24/h8-12,14,21-23H,3-7,13,15-18H2,1-2H3,(H,30,34)/t23-/m1/s1. The van der Waals surface area contributed by atoms with Gasteiger partial charge in [0.15, 0.2) is 0 Å². The molecule has 10 heteroatoms. The molecule has 1 aliphatic heterocycles. The summed E-state index contributed by atoms with van der Waals surface area (Å²) in [7, 11) is 3.81. The van der Waals surface area contributed by atoms with Crippen molar-refractivity contribution in [2.75, 3.05) is 33.7 Å². The molecule has 2 aliphatic rings. The Morgan fingerprint density at radius 2 is 1.78 bits per heavy atom.